The zero-order chi connectivity index (χ0) is 51.2. The van der Waals surface area contributed by atoms with Crippen LogP contribution in [0.1, 0.15) is 67.9 Å². The molecule has 67 heavy (non-hydrogen) atoms. The van der Waals surface area contributed by atoms with Crippen LogP contribution in [0.3, 0.4) is 0 Å². The SMILES string of the molecule is C=C1C(=O)NCC(=O)N(C)[C@@H](C)C(=O)N[C@@H]([C@H](OC(=O)[C@@H](NC(C)=O)[C@H](O)C(C)C)C(C)C)C(=O)N(C)[C@@H]([C@@H](C)OC)C(=O)O[C@H](C)C(NC(C)=O)C(=O)O[C@H](Cc2ccccc2)C(=O)N1C. The minimum atomic E-state index is -1.85. The molecule has 1 aromatic rings. The van der Waals surface area contributed by atoms with E-state index in [0.29, 0.717) is 5.56 Å². The first-order chi connectivity index (χ1) is 31.2. The van der Waals surface area contributed by atoms with E-state index in [2.05, 4.69) is 27.8 Å². The highest BCUT2D eigenvalue weighted by molar-refractivity contribution is 6.00. The summed E-state index contributed by atoms with van der Waals surface area (Å²) in [4.78, 5) is 139. The average molecular weight is 946 g/mol. The highest BCUT2D eigenvalue weighted by atomic mass is 16.6. The highest BCUT2D eigenvalue weighted by Crippen LogP contribution is 2.22. The summed E-state index contributed by atoms with van der Waals surface area (Å²) in [7, 11) is 4.81. The third-order valence-corrected chi connectivity index (χ3v) is 11.2. The van der Waals surface area contributed by atoms with E-state index in [1.54, 1.807) is 58.0 Å². The van der Waals surface area contributed by atoms with Crippen molar-refractivity contribution in [3.63, 3.8) is 0 Å². The molecule has 22 heteroatoms. The Balaban J connectivity index is 2.85. The number of esters is 3. The van der Waals surface area contributed by atoms with Crippen LogP contribution < -0.4 is 21.3 Å². The minimum Gasteiger partial charge on any atom is -0.458 e. The number of hydrogen-bond donors (Lipinski definition) is 5. The van der Waals surface area contributed by atoms with E-state index in [1.807, 2.05) is 0 Å². The molecule has 1 saturated heterocycles. The Kier molecular flexibility index (Phi) is 21.6. The number of hydrogen-bond acceptors (Lipinski definition) is 15. The van der Waals surface area contributed by atoms with Crippen molar-refractivity contribution < 1.29 is 72.0 Å². The molecule has 0 bridgehead atoms. The maximum atomic E-state index is 14.9. The molecule has 5 N–H and O–H groups in total. The van der Waals surface area contributed by atoms with Gasteiger partial charge < -0.3 is 60.0 Å². The van der Waals surface area contributed by atoms with Crippen LogP contribution in [0.2, 0.25) is 0 Å². The van der Waals surface area contributed by atoms with Crippen molar-refractivity contribution in [1.82, 2.24) is 36.0 Å². The third kappa shape index (κ3) is 15.6. The lowest BCUT2D eigenvalue weighted by atomic mass is 9.95. The second-order valence-corrected chi connectivity index (χ2v) is 17.0. The first-order valence-corrected chi connectivity index (χ1v) is 21.6. The predicted octanol–water partition coefficient (Wildman–Crippen LogP) is -1.04. The number of rotatable bonds is 12. The number of aliphatic hydroxyl groups excluding tert-OH is 1. The van der Waals surface area contributed by atoms with Crippen LogP contribution in [0.5, 0.6) is 0 Å². The van der Waals surface area contributed by atoms with E-state index >= 15 is 0 Å². The van der Waals surface area contributed by atoms with Gasteiger partial charge in [0, 0.05) is 48.5 Å². The molecule has 7 amide bonds. The normalized spacial score (nSPS) is 24.3. The number of ether oxygens (including phenoxy) is 4. The van der Waals surface area contributed by atoms with Gasteiger partial charge in [-0.05, 0) is 38.2 Å². The molecule has 0 spiro atoms. The number of cyclic esters (lactones) is 2. The van der Waals surface area contributed by atoms with Gasteiger partial charge >= 0.3 is 17.9 Å². The average Bonchev–Trinajstić information content (AvgIpc) is 3.27. The van der Waals surface area contributed by atoms with Crippen LogP contribution >= 0.6 is 0 Å². The molecule has 1 aliphatic heterocycles. The van der Waals surface area contributed by atoms with Crippen LogP contribution in [0, 0.1) is 11.8 Å². The molecule has 1 heterocycles. The van der Waals surface area contributed by atoms with Crippen LogP contribution in [0.15, 0.2) is 42.6 Å². The third-order valence-electron chi connectivity index (χ3n) is 11.2. The summed E-state index contributed by atoms with van der Waals surface area (Å²) in [5, 5.41) is 20.5. The molecule has 1 aliphatic rings. The summed E-state index contributed by atoms with van der Waals surface area (Å²) in [6, 6.07) is 0.0672. The Morgan fingerprint density at radius 2 is 1.46 bits per heavy atom. The smallest absolute Gasteiger partial charge is 0.333 e. The molecule has 372 valence electrons. The standard InChI is InChI=1S/C45H67N7O15/c1-22(2)37(56)34(48-29(10)54)44(62)67-38(23(3)4)35-42(60)52(13)36(27(8)64-14)45(63)65-26(7)33(47-28(9)53)43(61)66-31(20-30-18-16-15-17-19-30)41(59)51(12)24(5)39(57)46-21-32(55)50(11)25(6)40(58)49-35/h15-19,22-23,25-27,31,33-38,56H,5,20-21H2,1-4,6-14H3,(H,46,57)(H,47,53)(H,48,54)(H,49,58)/t25-,26+,27+,31+,33?,34-,35-,36-,37+,38+/m0/s1. The second-order valence-electron chi connectivity index (χ2n) is 17.0. The van der Waals surface area contributed by atoms with Gasteiger partial charge in [-0.1, -0.05) is 64.6 Å². The number of carbonyl (C=O) groups excluding carboxylic acids is 10. The molecular weight excluding hydrogens is 879 g/mol. The van der Waals surface area contributed by atoms with Crippen molar-refractivity contribution in [3.8, 4) is 0 Å². The summed E-state index contributed by atoms with van der Waals surface area (Å²) in [5.74, 6) is -11.2. The summed E-state index contributed by atoms with van der Waals surface area (Å²) in [6.45, 7) is 15.4. The van der Waals surface area contributed by atoms with Gasteiger partial charge in [0.1, 0.15) is 30.0 Å². The number of nitrogens with zero attached hydrogens (tertiary/aromatic N) is 3. The van der Waals surface area contributed by atoms with Gasteiger partial charge in [0.25, 0.3) is 11.8 Å². The first-order valence-electron chi connectivity index (χ1n) is 21.6. The molecule has 22 nitrogen and oxygen atoms in total. The van der Waals surface area contributed by atoms with Crippen LogP contribution in [-0.2, 0) is 73.3 Å². The van der Waals surface area contributed by atoms with Crippen LogP contribution in [-0.4, -0.2) is 175 Å². The van der Waals surface area contributed by atoms with Crippen molar-refractivity contribution in [1.29, 1.82) is 0 Å². The van der Waals surface area contributed by atoms with E-state index in [9.17, 15) is 53.1 Å². The van der Waals surface area contributed by atoms with E-state index in [-0.39, 0.29) is 6.42 Å². The van der Waals surface area contributed by atoms with Crippen molar-refractivity contribution >= 4 is 59.3 Å². The Morgan fingerprint density at radius 1 is 0.866 bits per heavy atom. The number of carbonyl (C=O) groups is 10. The van der Waals surface area contributed by atoms with Crippen molar-refractivity contribution in [2.45, 2.75) is 129 Å². The fourth-order valence-corrected chi connectivity index (χ4v) is 6.80. The number of methoxy groups -OCH3 is 1. The molecular formula is C45H67N7O15. The lowest BCUT2D eigenvalue weighted by Gasteiger charge is -2.38. The lowest BCUT2D eigenvalue weighted by Crippen LogP contribution is -2.63. The molecule has 10 atom stereocenters. The number of aliphatic hydroxyl groups is 1. The fraction of sp³-hybridized carbons (Fsp3) is 0.600. The van der Waals surface area contributed by atoms with Gasteiger partial charge in [-0.2, -0.15) is 0 Å². The maximum Gasteiger partial charge on any atom is 0.333 e. The predicted molar refractivity (Wildman–Crippen MR) is 238 cm³/mol. The number of likely N-dealkylation sites (N-methyl/N-ethyl adjacent to an activating group) is 3. The Labute approximate surface area is 390 Å². The minimum absolute atomic E-state index is 0.227. The molecule has 0 aliphatic carbocycles. The monoisotopic (exact) mass is 945 g/mol. The van der Waals surface area contributed by atoms with Gasteiger partial charge in [-0.15, -0.1) is 0 Å². The molecule has 0 radical (unpaired) electrons. The first kappa shape index (κ1) is 56.7. The molecule has 1 fully saturated rings. The van der Waals surface area contributed by atoms with E-state index in [4.69, 9.17) is 18.9 Å². The second kappa shape index (κ2) is 25.5. The number of benzene rings is 1. The van der Waals surface area contributed by atoms with E-state index < -0.39 is 144 Å². The molecule has 1 unspecified atom stereocenters. The Hall–Kier alpha value is -6.42. The molecule has 2 rings (SSSR count). The van der Waals surface area contributed by atoms with Crippen LogP contribution in [0.25, 0.3) is 0 Å². The van der Waals surface area contributed by atoms with Gasteiger partial charge in [0.2, 0.25) is 29.5 Å². The van der Waals surface area contributed by atoms with Gasteiger partial charge in [-0.25, -0.2) is 14.4 Å². The zero-order valence-electron chi connectivity index (χ0n) is 40.4. The van der Waals surface area contributed by atoms with Crippen LogP contribution in [0.4, 0.5) is 0 Å². The van der Waals surface area contributed by atoms with Crippen molar-refractivity contribution in [2.24, 2.45) is 11.8 Å². The quantitative estimate of drug-likeness (QED) is 0.0951. The topological polar surface area (TPSA) is 286 Å². The molecule has 0 saturated carbocycles. The van der Waals surface area contributed by atoms with Gasteiger partial charge in [-0.3, -0.25) is 33.6 Å². The summed E-state index contributed by atoms with van der Waals surface area (Å²) in [6.07, 6.45) is -7.66. The molecule has 0 aromatic heterocycles. The summed E-state index contributed by atoms with van der Waals surface area (Å²) in [5.41, 5.74) is 0.0568. The highest BCUT2D eigenvalue weighted by Gasteiger charge is 2.46. The summed E-state index contributed by atoms with van der Waals surface area (Å²) >= 11 is 0. The fourth-order valence-electron chi connectivity index (χ4n) is 6.80. The van der Waals surface area contributed by atoms with Crippen molar-refractivity contribution in [2.75, 3.05) is 34.8 Å². The Bertz CT molecular complexity index is 2000. The molecule has 1 aromatic carbocycles. The summed E-state index contributed by atoms with van der Waals surface area (Å²) < 4.78 is 22.8. The Morgan fingerprint density at radius 3 is 1.99 bits per heavy atom. The largest absolute Gasteiger partial charge is 0.458 e. The van der Waals surface area contributed by atoms with E-state index in [1.165, 1.54) is 49.0 Å². The van der Waals surface area contributed by atoms with Crippen molar-refractivity contribution in [3.05, 3.63) is 48.2 Å². The zero-order valence-corrected chi connectivity index (χ0v) is 40.4. The maximum absolute atomic E-state index is 14.9. The van der Waals surface area contributed by atoms with E-state index in [0.717, 1.165) is 28.5 Å². The van der Waals surface area contributed by atoms with Gasteiger partial charge in [0.15, 0.2) is 24.2 Å². The lowest BCUT2D eigenvalue weighted by molar-refractivity contribution is -0.174. The van der Waals surface area contributed by atoms with Gasteiger partial charge in [0.05, 0.1) is 18.8 Å². The number of amides is 7. The number of nitrogens with one attached hydrogen (secondary N) is 4.